The van der Waals surface area contributed by atoms with Gasteiger partial charge in [0.05, 0.1) is 4.88 Å². The van der Waals surface area contributed by atoms with Crippen LogP contribution in [-0.4, -0.2) is 12.5 Å². The van der Waals surface area contributed by atoms with Crippen LogP contribution in [0.2, 0.25) is 0 Å². The van der Waals surface area contributed by atoms with E-state index in [9.17, 15) is 4.79 Å². The van der Waals surface area contributed by atoms with Gasteiger partial charge in [-0.25, -0.2) is 0 Å². The fraction of sp³-hybridized carbons (Fsp3) is 0.267. The minimum atomic E-state index is 0.0460. The highest BCUT2D eigenvalue weighted by atomic mass is 32.1. The van der Waals surface area contributed by atoms with E-state index in [1.54, 1.807) is 0 Å². The lowest BCUT2D eigenvalue weighted by Crippen LogP contribution is -2.23. The molecule has 1 N–H and O–H groups in total. The number of unbranched alkanes of at least 4 members (excludes halogenated alkanes) is 1. The Morgan fingerprint density at radius 2 is 1.89 bits per heavy atom. The van der Waals surface area contributed by atoms with Crippen LogP contribution in [0.15, 0.2) is 47.8 Å². The highest BCUT2D eigenvalue weighted by Crippen LogP contribution is 2.08. The van der Waals surface area contributed by atoms with Gasteiger partial charge in [-0.1, -0.05) is 36.4 Å². The third kappa shape index (κ3) is 4.00. The van der Waals surface area contributed by atoms with Crippen molar-refractivity contribution in [2.75, 3.05) is 6.54 Å². The van der Waals surface area contributed by atoms with Crippen molar-refractivity contribution in [2.45, 2.75) is 19.3 Å². The Morgan fingerprint density at radius 3 is 2.61 bits per heavy atom. The summed E-state index contributed by atoms with van der Waals surface area (Å²) in [4.78, 5) is 12.4. The molecule has 2 aromatic rings. The molecule has 2 rings (SSSR count). The standard InChI is InChI=1S/C15H17NOS/c17-15(14-10-6-12-18-14)16-11-5-4-9-13-7-2-1-3-8-13/h1-3,6-8,10,12H,4-5,9,11H2,(H,16,17). The monoisotopic (exact) mass is 259 g/mol. The van der Waals surface area contributed by atoms with Gasteiger partial charge in [0.1, 0.15) is 0 Å². The maximum absolute atomic E-state index is 11.6. The van der Waals surface area contributed by atoms with Crippen LogP contribution < -0.4 is 5.32 Å². The number of carbonyl (C=O) groups is 1. The minimum absolute atomic E-state index is 0.0460. The van der Waals surface area contributed by atoms with Crippen LogP contribution in [0.1, 0.15) is 28.1 Å². The minimum Gasteiger partial charge on any atom is -0.351 e. The van der Waals surface area contributed by atoms with Crippen LogP contribution in [0.3, 0.4) is 0 Å². The molecule has 0 saturated heterocycles. The summed E-state index contributed by atoms with van der Waals surface area (Å²) in [5.41, 5.74) is 1.36. The normalized spacial score (nSPS) is 10.2. The predicted molar refractivity (Wildman–Crippen MR) is 76.0 cm³/mol. The SMILES string of the molecule is O=C(NCCCCc1ccccc1)c1cccs1. The van der Waals surface area contributed by atoms with Gasteiger partial charge in [0.15, 0.2) is 0 Å². The number of benzene rings is 1. The van der Waals surface area contributed by atoms with Gasteiger partial charge < -0.3 is 5.32 Å². The molecule has 18 heavy (non-hydrogen) atoms. The van der Waals surface area contributed by atoms with Gasteiger partial charge >= 0.3 is 0 Å². The van der Waals surface area contributed by atoms with E-state index in [1.165, 1.54) is 16.9 Å². The summed E-state index contributed by atoms with van der Waals surface area (Å²) in [6.07, 6.45) is 3.20. The highest BCUT2D eigenvalue weighted by Gasteiger charge is 2.04. The Bertz CT molecular complexity index is 465. The van der Waals surface area contributed by atoms with Crippen LogP contribution in [0.4, 0.5) is 0 Å². The zero-order valence-electron chi connectivity index (χ0n) is 10.3. The maximum atomic E-state index is 11.6. The van der Waals surface area contributed by atoms with Crippen molar-refractivity contribution >= 4 is 17.2 Å². The number of hydrogen-bond donors (Lipinski definition) is 1. The quantitative estimate of drug-likeness (QED) is 0.790. The molecule has 1 heterocycles. The molecule has 94 valence electrons. The van der Waals surface area contributed by atoms with Gasteiger partial charge in [-0.3, -0.25) is 4.79 Å². The highest BCUT2D eigenvalue weighted by molar-refractivity contribution is 7.12. The summed E-state index contributed by atoms with van der Waals surface area (Å²) in [6, 6.07) is 14.2. The first-order chi connectivity index (χ1) is 8.86. The Hall–Kier alpha value is -1.61. The van der Waals surface area contributed by atoms with Crippen LogP contribution in [0, 0.1) is 0 Å². The van der Waals surface area contributed by atoms with E-state index in [-0.39, 0.29) is 5.91 Å². The summed E-state index contributed by atoms with van der Waals surface area (Å²) >= 11 is 1.48. The second-order valence-electron chi connectivity index (χ2n) is 4.18. The smallest absolute Gasteiger partial charge is 0.261 e. The largest absolute Gasteiger partial charge is 0.351 e. The van der Waals surface area contributed by atoms with E-state index in [0.717, 1.165) is 30.7 Å². The second-order valence-corrected chi connectivity index (χ2v) is 5.12. The summed E-state index contributed by atoms with van der Waals surface area (Å²) in [6.45, 7) is 0.754. The molecular formula is C15H17NOS. The second kappa shape index (κ2) is 6.97. The van der Waals surface area contributed by atoms with Crippen LogP contribution >= 0.6 is 11.3 Å². The Labute approximate surface area is 112 Å². The molecule has 0 bridgehead atoms. The molecule has 0 unspecified atom stereocenters. The lowest BCUT2D eigenvalue weighted by Gasteiger charge is -2.04. The van der Waals surface area contributed by atoms with E-state index in [2.05, 4.69) is 29.6 Å². The first-order valence-corrected chi connectivity index (χ1v) is 7.10. The molecule has 0 spiro atoms. The topological polar surface area (TPSA) is 29.1 Å². The lowest BCUT2D eigenvalue weighted by atomic mass is 10.1. The van der Waals surface area contributed by atoms with Crippen LogP contribution in [-0.2, 0) is 6.42 Å². The summed E-state index contributed by atoms with van der Waals surface area (Å²) in [5, 5.41) is 4.86. The third-order valence-corrected chi connectivity index (χ3v) is 3.63. The van der Waals surface area contributed by atoms with Gasteiger partial charge in [-0.2, -0.15) is 0 Å². The van der Waals surface area contributed by atoms with Gasteiger partial charge in [0.2, 0.25) is 0 Å². The number of aryl methyl sites for hydroxylation is 1. The summed E-state index contributed by atoms with van der Waals surface area (Å²) < 4.78 is 0. The molecule has 1 aromatic heterocycles. The van der Waals surface area contributed by atoms with E-state index in [0.29, 0.717) is 0 Å². The van der Waals surface area contributed by atoms with Gasteiger partial charge in [-0.05, 0) is 36.3 Å². The van der Waals surface area contributed by atoms with Crippen LogP contribution in [0.5, 0.6) is 0 Å². The molecule has 1 amide bonds. The molecule has 0 fully saturated rings. The molecule has 0 radical (unpaired) electrons. The molecule has 1 aromatic carbocycles. The Kier molecular flexibility index (Phi) is 4.97. The first kappa shape index (κ1) is 12.8. The zero-order valence-corrected chi connectivity index (χ0v) is 11.1. The molecule has 3 heteroatoms. The Morgan fingerprint density at radius 1 is 1.06 bits per heavy atom. The van der Waals surface area contributed by atoms with Gasteiger partial charge in [0, 0.05) is 6.54 Å². The molecule has 0 aliphatic rings. The van der Waals surface area contributed by atoms with Crippen molar-refractivity contribution in [3.05, 3.63) is 58.3 Å². The maximum Gasteiger partial charge on any atom is 0.261 e. The van der Waals surface area contributed by atoms with Crippen molar-refractivity contribution in [2.24, 2.45) is 0 Å². The number of carbonyl (C=O) groups excluding carboxylic acids is 1. The fourth-order valence-electron chi connectivity index (χ4n) is 1.80. The number of rotatable bonds is 6. The fourth-order valence-corrected chi connectivity index (χ4v) is 2.44. The van der Waals surface area contributed by atoms with E-state index in [1.807, 2.05) is 23.6 Å². The molecule has 0 saturated carbocycles. The van der Waals surface area contributed by atoms with Crippen molar-refractivity contribution < 1.29 is 4.79 Å². The predicted octanol–water partition coefficient (Wildman–Crippen LogP) is 3.50. The number of hydrogen-bond acceptors (Lipinski definition) is 2. The van der Waals surface area contributed by atoms with E-state index in [4.69, 9.17) is 0 Å². The summed E-state index contributed by atoms with van der Waals surface area (Å²) in [7, 11) is 0. The molecule has 0 aliphatic carbocycles. The van der Waals surface area contributed by atoms with Gasteiger partial charge in [-0.15, -0.1) is 11.3 Å². The van der Waals surface area contributed by atoms with E-state index < -0.39 is 0 Å². The molecule has 0 aliphatic heterocycles. The first-order valence-electron chi connectivity index (χ1n) is 6.22. The molecular weight excluding hydrogens is 242 g/mol. The lowest BCUT2D eigenvalue weighted by molar-refractivity contribution is 0.0957. The summed E-state index contributed by atoms with van der Waals surface area (Å²) in [5.74, 6) is 0.0460. The van der Waals surface area contributed by atoms with Crippen molar-refractivity contribution in [1.82, 2.24) is 5.32 Å². The number of thiophene rings is 1. The average Bonchev–Trinajstić information content (AvgIpc) is 2.93. The van der Waals surface area contributed by atoms with Gasteiger partial charge in [0.25, 0.3) is 5.91 Å². The van der Waals surface area contributed by atoms with Crippen molar-refractivity contribution in [3.8, 4) is 0 Å². The van der Waals surface area contributed by atoms with E-state index >= 15 is 0 Å². The average molecular weight is 259 g/mol. The molecule has 0 atom stereocenters. The van der Waals surface area contributed by atoms with Crippen molar-refractivity contribution in [3.63, 3.8) is 0 Å². The third-order valence-electron chi connectivity index (χ3n) is 2.77. The van der Waals surface area contributed by atoms with Crippen LogP contribution in [0.25, 0.3) is 0 Å². The van der Waals surface area contributed by atoms with Crippen molar-refractivity contribution in [1.29, 1.82) is 0 Å². The zero-order chi connectivity index (χ0) is 12.6. The Balaban J connectivity index is 1.61. The number of nitrogens with one attached hydrogen (secondary N) is 1. The molecule has 2 nitrogen and oxygen atoms in total. The number of amides is 1.